The number of hydrogen-bond acceptors (Lipinski definition) is 4. The Morgan fingerprint density at radius 2 is 1.75 bits per heavy atom. The van der Waals surface area contributed by atoms with Gasteiger partial charge in [-0.05, 0) is 40.2 Å². The second-order valence-electron chi connectivity index (χ2n) is 4.92. The van der Waals surface area contributed by atoms with Crippen LogP contribution in [0.15, 0.2) is 57.5 Å². The van der Waals surface area contributed by atoms with Crippen LogP contribution in [0.25, 0.3) is 11.4 Å². The zero-order valence-electron chi connectivity index (χ0n) is 12.1. The molecule has 24 heavy (non-hydrogen) atoms. The number of aromatic nitrogens is 2. The molecule has 0 radical (unpaired) electrons. The van der Waals surface area contributed by atoms with Crippen molar-refractivity contribution in [3.8, 4) is 11.4 Å². The summed E-state index contributed by atoms with van der Waals surface area (Å²) < 4.78 is 43.7. The molecule has 0 aliphatic heterocycles. The van der Waals surface area contributed by atoms with Crippen LogP contribution < -0.4 is 5.32 Å². The van der Waals surface area contributed by atoms with Crippen molar-refractivity contribution in [3.05, 3.63) is 64.5 Å². The van der Waals surface area contributed by atoms with Gasteiger partial charge < -0.3 is 9.84 Å². The quantitative estimate of drug-likeness (QED) is 0.662. The van der Waals surface area contributed by atoms with E-state index in [4.69, 9.17) is 4.52 Å². The van der Waals surface area contributed by atoms with E-state index in [-0.39, 0.29) is 5.82 Å². The van der Waals surface area contributed by atoms with Crippen LogP contribution in [-0.4, -0.2) is 10.1 Å². The molecule has 1 N–H and O–H groups in total. The molecule has 3 rings (SSSR count). The first-order chi connectivity index (χ1) is 11.4. The molecular weight excluding hydrogens is 387 g/mol. The number of anilines is 1. The van der Waals surface area contributed by atoms with Crippen LogP contribution in [0.5, 0.6) is 0 Å². The lowest BCUT2D eigenvalue weighted by Crippen LogP contribution is -2.04. The van der Waals surface area contributed by atoms with Gasteiger partial charge in [0.15, 0.2) is 0 Å². The highest BCUT2D eigenvalue weighted by Gasteiger charge is 2.30. The maximum Gasteiger partial charge on any atom is 0.416 e. The van der Waals surface area contributed by atoms with Crippen LogP contribution in [0.4, 0.5) is 18.9 Å². The third kappa shape index (κ3) is 3.76. The predicted molar refractivity (Wildman–Crippen MR) is 86.2 cm³/mol. The highest BCUT2D eigenvalue weighted by molar-refractivity contribution is 9.10. The normalized spacial score (nSPS) is 11.5. The smallest absolute Gasteiger partial charge is 0.375 e. The topological polar surface area (TPSA) is 51.0 Å². The maximum atomic E-state index is 12.6. The van der Waals surface area contributed by atoms with Gasteiger partial charge >= 0.3 is 6.18 Å². The molecule has 4 nitrogen and oxygen atoms in total. The number of nitrogens with one attached hydrogen (secondary N) is 1. The van der Waals surface area contributed by atoms with Gasteiger partial charge in [0.05, 0.1) is 12.1 Å². The first-order valence-corrected chi connectivity index (χ1v) is 7.71. The van der Waals surface area contributed by atoms with Gasteiger partial charge in [0.2, 0.25) is 11.7 Å². The van der Waals surface area contributed by atoms with E-state index in [1.54, 1.807) is 0 Å². The van der Waals surface area contributed by atoms with Gasteiger partial charge in [-0.25, -0.2) is 0 Å². The molecule has 0 atom stereocenters. The van der Waals surface area contributed by atoms with Crippen LogP contribution in [0.1, 0.15) is 11.5 Å². The van der Waals surface area contributed by atoms with Crippen molar-refractivity contribution in [2.75, 3.05) is 5.32 Å². The maximum absolute atomic E-state index is 12.6. The van der Waals surface area contributed by atoms with E-state index in [1.807, 2.05) is 24.3 Å². The van der Waals surface area contributed by atoms with Crippen LogP contribution in [-0.2, 0) is 12.7 Å². The molecule has 0 spiro atoms. The second kappa shape index (κ2) is 6.64. The van der Waals surface area contributed by atoms with E-state index in [0.29, 0.717) is 18.0 Å². The molecule has 0 saturated heterocycles. The molecule has 3 aromatic rings. The first-order valence-electron chi connectivity index (χ1n) is 6.92. The van der Waals surface area contributed by atoms with Crippen LogP contribution >= 0.6 is 15.9 Å². The largest absolute Gasteiger partial charge is 0.416 e. The lowest BCUT2D eigenvalue weighted by Gasteiger charge is -2.06. The van der Waals surface area contributed by atoms with Crippen molar-refractivity contribution in [3.63, 3.8) is 0 Å². The first kappa shape index (κ1) is 16.5. The lowest BCUT2D eigenvalue weighted by molar-refractivity contribution is -0.137. The Kier molecular flexibility index (Phi) is 4.57. The molecule has 0 aliphatic carbocycles. The molecule has 0 saturated carbocycles. The Balaban J connectivity index is 1.70. The van der Waals surface area contributed by atoms with Crippen LogP contribution in [0.3, 0.4) is 0 Å². The zero-order valence-corrected chi connectivity index (χ0v) is 13.7. The Hall–Kier alpha value is -2.35. The monoisotopic (exact) mass is 397 g/mol. The molecular formula is C16H11BrF3N3O. The Morgan fingerprint density at radius 1 is 1.04 bits per heavy atom. The molecule has 1 aromatic heterocycles. The summed E-state index contributed by atoms with van der Waals surface area (Å²) in [6.07, 6.45) is -4.37. The summed E-state index contributed by atoms with van der Waals surface area (Å²) in [5.74, 6) is 0.577. The number of benzene rings is 2. The molecule has 8 heteroatoms. The van der Waals surface area contributed by atoms with Crippen molar-refractivity contribution in [2.24, 2.45) is 0 Å². The Labute approximate surface area is 143 Å². The number of nitrogens with zero attached hydrogens (tertiary/aromatic N) is 2. The van der Waals surface area contributed by atoms with E-state index < -0.39 is 11.7 Å². The van der Waals surface area contributed by atoms with Crippen molar-refractivity contribution in [1.82, 2.24) is 10.1 Å². The molecule has 1 heterocycles. The molecule has 0 fully saturated rings. The van der Waals surface area contributed by atoms with E-state index >= 15 is 0 Å². The van der Waals surface area contributed by atoms with Gasteiger partial charge in [-0.2, -0.15) is 18.2 Å². The van der Waals surface area contributed by atoms with Crippen molar-refractivity contribution >= 4 is 21.6 Å². The summed E-state index contributed by atoms with van der Waals surface area (Å²) in [5.41, 5.74) is 0.608. The van der Waals surface area contributed by atoms with E-state index in [1.165, 1.54) is 12.1 Å². The summed E-state index contributed by atoms with van der Waals surface area (Å²) in [4.78, 5) is 4.18. The fourth-order valence-corrected chi connectivity index (χ4v) is 2.45. The average Bonchev–Trinajstić information content (AvgIpc) is 3.02. The number of rotatable bonds is 4. The van der Waals surface area contributed by atoms with Gasteiger partial charge in [0, 0.05) is 15.7 Å². The third-order valence-electron chi connectivity index (χ3n) is 3.24. The summed E-state index contributed by atoms with van der Waals surface area (Å²) in [7, 11) is 0. The van der Waals surface area contributed by atoms with Crippen molar-refractivity contribution in [1.29, 1.82) is 0 Å². The number of para-hydroxylation sites is 1. The zero-order chi connectivity index (χ0) is 17.2. The minimum absolute atomic E-state index is 0.243. The lowest BCUT2D eigenvalue weighted by atomic mass is 10.1. The number of hydrogen-bond donors (Lipinski definition) is 1. The van der Waals surface area contributed by atoms with E-state index in [9.17, 15) is 13.2 Å². The molecule has 0 amide bonds. The van der Waals surface area contributed by atoms with E-state index in [0.717, 1.165) is 22.3 Å². The highest BCUT2D eigenvalue weighted by atomic mass is 79.9. The van der Waals surface area contributed by atoms with Crippen LogP contribution in [0, 0.1) is 0 Å². The summed E-state index contributed by atoms with van der Waals surface area (Å²) in [5, 5.41) is 6.93. The fourth-order valence-electron chi connectivity index (χ4n) is 2.03. The van der Waals surface area contributed by atoms with Gasteiger partial charge in [-0.15, -0.1) is 0 Å². The number of halogens is 4. The molecule has 2 aromatic carbocycles. The molecule has 0 unspecified atom stereocenters. The predicted octanol–water partition coefficient (Wildman–Crippen LogP) is 5.13. The van der Waals surface area contributed by atoms with Gasteiger partial charge in [-0.1, -0.05) is 29.4 Å². The summed E-state index contributed by atoms with van der Waals surface area (Å²) >= 11 is 3.41. The standard InChI is InChI=1S/C16H11BrF3N3O/c17-12-3-1-2-4-13(12)21-9-14-22-15(23-24-14)10-5-7-11(8-6-10)16(18,19)20/h1-8,21H,9H2. The minimum atomic E-state index is -4.37. The SMILES string of the molecule is FC(F)(F)c1ccc(-c2noc(CNc3ccccc3Br)n2)cc1. The average molecular weight is 398 g/mol. The Bertz CT molecular complexity index is 831. The second-order valence-corrected chi connectivity index (χ2v) is 5.77. The Morgan fingerprint density at radius 3 is 2.42 bits per heavy atom. The molecule has 0 bridgehead atoms. The van der Waals surface area contributed by atoms with E-state index in [2.05, 4.69) is 31.4 Å². The minimum Gasteiger partial charge on any atom is -0.375 e. The molecule has 124 valence electrons. The number of alkyl halides is 3. The van der Waals surface area contributed by atoms with Crippen molar-refractivity contribution < 1.29 is 17.7 Å². The van der Waals surface area contributed by atoms with Gasteiger partial charge in [0.1, 0.15) is 0 Å². The van der Waals surface area contributed by atoms with Gasteiger partial charge in [0.25, 0.3) is 0 Å². The van der Waals surface area contributed by atoms with Gasteiger partial charge in [-0.3, -0.25) is 0 Å². The molecule has 0 aliphatic rings. The summed E-state index contributed by atoms with van der Waals surface area (Å²) in [6, 6.07) is 12.2. The fraction of sp³-hybridized carbons (Fsp3) is 0.125. The third-order valence-corrected chi connectivity index (χ3v) is 3.93. The summed E-state index contributed by atoms with van der Waals surface area (Å²) in [6.45, 7) is 0.302. The highest BCUT2D eigenvalue weighted by Crippen LogP contribution is 2.30. The van der Waals surface area contributed by atoms with Crippen molar-refractivity contribution in [2.45, 2.75) is 12.7 Å². The van der Waals surface area contributed by atoms with Crippen LogP contribution in [0.2, 0.25) is 0 Å².